The van der Waals surface area contributed by atoms with Gasteiger partial charge < -0.3 is 11.1 Å². The van der Waals surface area contributed by atoms with Crippen LogP contribution in [0.3, 0.4) is 0 Å². The molecule has 0 aliphatic rings. The number of carbonyl (C=O) groups is 1. The maximum Gasteiger partial charge on any atom is 0.257 e. The Labute approximate surface area is 118 Å². The summed E-state index contributed by atoms with van der Waals surface area (Å²) in [6, 6.07) is 10.9. The molecular formula is C16H15N3O. The van der Waals surface area contributed by atoms with E-state index in [1.54, 1.807) is 24.4 Å². The third-order valence-electron chi connectivity index (χ3n) is 2.67. The molecule has 100 valence electrons. The van der Waals surface area contributed by atoms with Crippen LogP contribution >= 0.6 is 0 Å². The lowest BCUT2D eigenvalue weighted by Gasteiger charge is -2.07. The van der Waals surface area contributed by atoms with Crippen molar-refractivity contribution in [3.63, 3.8) is 0 Å². The van der Waals surface area contributed by atoms with Gasteiger partial charge in [0.15, 0.2) is 0 Å². The van der Waals surface area contributed by atoms with E-state index in [0.29, 0.717) is 11.3 Å². The van der Waals surface area contributed by atoms with Gasteiger partial charge >= 0.3 is 0 Å². The van der Waals surface area contributed by atoms with Crippen molar-refractivity contribution < 1.29 is 4.79 Å². The summed E-state index contributed by atoms with van der Waals surface area (Å²) in [5.41, 5.74) is 8.15. The lowest BCUT2D eigenvalue weighted by atomic mass is 10.1. The number of carbonyl (C=O) groups excluding carboxylic acids is 1. The number of amides is 1. The van der Waals surface area contributed by atoms with Gasteiger partial charge in [-0.15, -0.1) is 0 Å². The second-order valence-electron chi connectivity index (χ2n) is 4.19. The number of aromatic nitrogens is 1. The van der Waals surface area contributed by atoms with E-state index in [1.807, 2.05) is 25.1 Å². The van der Waals surface area contributed by atoms with E-state index in [9.17, 15) is 4.79 Å². The summed E-state index contributed by atoms with van der Waals surface area (Å²) in [5.74, 6) is 5.50. The van der Waals surface area contributed by atoms with Gasteiger partial charge in [-0.05, 0) is 31.2 Å². The molecule has 0 saturated carbocycles. The molecule has 2 aromatic rings. The van der Waals surface area contributed by atoms with Crippen LogP contribution in [-0.2, 0) is 0 Å². The Kier molecular flexibility index (Phi) is 4.48. The van der Waals surface area contributed by atoms with Gasteiger partial charge in [-0.1, -0.05) is 24.0 Å². The minimum Gasteiger partial charge on any atom is -0.321 e. The maximum absolute atomic E-state index is 12.1. The molecule has 0 aliphatic carbocycles. The number of pyridine rings is 1. The molecule has 0 radical (unpaired) electrons. The van der Waals surface area contributed by atoms with Crippen LogP contribution < -0.4 is 11.1 Å². The molecule has 2 rings (SSSR count). The molecule has 4 nitrogen and oxygen atoms in total. The van der Waals surface area contributed by atoms with Gasteiger partial charge in [-0.2, -0.15) is 0 Å². The van der Waals surface area contributed by atoms with Crippen molar-refractivity contribution in [2.45, 2.75) is 6.92 Å². The fourth-order valence-corrected chi connectivity index (χ4v) is 1.64. The molecule has 1 aromatic heterocycles. The predicted octanol–water partition coefficient (Wildman–Crippen LogP) is 1.95. The Bertz CT molecular complexity index is 666. The molecule has 0 saturated heterocycles. The van der Waals surface area contributed by atoms with E-state index >= 15 is 0 Å². The largest absolute Gasteiger partial charge is 0.321 e. The van der Waals surface area contributed by atoms with E-state index in [2.05, 4.69) is 22.1 Å². The topological polar surface area (TPSA) is 68.0 Å². The first-order valence-electron chi connectivity index (χ1n) is 6.22. The van der Waals surface area contributed by atoms with Crippen molar-refractivity contribution in [2.75, 3.05) is 11.9 Å². The smallest absolute Gasteiger partial charge is 0.257 e. The number of nitrogens with zero attached hydrogens (tertiary/aromatic N) is 1. The first-order valence-corrected chi connectivity index (χ1v) is 6.22. The molecule has 1 amide bonds. The molecule has 0 atom stereocenters. The third-order valence-corrected chi connectivity index (χ3v) is 2.67. The number of rotatable bonds is 2. The minimum atomic E-state index is -0.209. The van der Waals surface area contributed by atoms with Crippen LogP contribution in [0.4, 0.5) is 5.69 Å². The van der Waals surface area contributed by atoms with Gasteiger partial charge in [-0.3, -0.25) is 9.78 Å². The standard InChI is InChI=1S/C16H15N3O/c1-12-8-9-14(11-18-12)16(20)19-15-7-3-2-5-13(15)6-4-10-17/h2-3,5,7-9,11H,10,17H2,1H3,(H,19,20). The molecule has 0 bridgehead atoms. The number of para-hydroxylation sites is 1. The zero-order valence-electron chi connectivity index (χ0n) is 11.2. The second-order valence-corrected chi connectivity index (χ2v) is 4.19. The summed E-state index contributed by atoms with van der Waals surface area (Å²) >= 11 is 0. The molecule has 20 heavy (non-hydrogen) atoms. The number of benzene rings is 1. The Morgan fingerprint density at radius 2 is 2.10 bits per heavy atom. The van der Waals surface area contributed by atoms with Crippen LogP contribution in [0.15, 0.2) is 42.6 Å². The predicted molar refractivity (Wildman–Crippen MR) is 79.3 cm³/mol. The summed E-state index contributed by atoms with van der Waals surface area (Å²) in [6.45, 7) is 2.16. The van der Waals surface area contributed by atoms with Crippen molar-refractivity contribution in [1.82, 2.24) is 4.98 Å². The zero-order valence-corrected chi connectivity index (χ0v) is 11.2. The number of nitrogens with one attached hydrogen (secondary N) is 1. The van der Waals surface area contributed by atoms with Crippen LogP contribution in [-0.4, -0.2) is 17.4 Å². The Morgan fingerprint density at radius 3 is 2.80 bits per heavy atom. The highest BCUT2D eigenvalue weighted by Gasteiger charge is 2.08. The monoisotopic (exact) mass is 265 g/mol. The lowest BCUT2D eigenvalue weighted by Crippen LogP contribution is -2.13. The molecular weight excluding hydrogens is 250 g/mol. The van der Waals surface area contributed by atoms with Crippen LogP contribution in [0.5, 0.6) is 0 Å². The normalized spacial score (nSPS) is 9.50. The van der Waals surface area contributed by atoms with Gasteiger partial charge in [0.25, 0.3) is 5.91 Å². The van der Waals surface area contributed by atoms with Crippen molar-refractivity contribution in [3.8, 4) is 11.8 Å². The molecule has 4 heteroatoms. The highest BCUT2D eigenvalue weighted by Crippen LogP contribution is 2.15. The van der Waals surface area contributed by atoms with Gasteiger partial charge in [0.1, 0.15) is 0 Å². The first kappa shape index (κ1) is 13.8. The van der Waals surface area contributed by atoms with Gasteiger partial charge in [0.2, 0.25) is 0 Å². The average molecular weight is 265 g/mol. The first-order chi connectivity index (χ1) is 9.70. The van der Waals surface area contributed by atoms with E-state index in [0.717, 1.165) is 11.3 Å². The molecule has 3 N–H and O–H groups in total. The summed E-state index contributed by atoms with van der Waals surface area (Å²) < 4.78 is 0. The molecule has 0 aliphatic heterocycles. The summed E-state index contributed by atoms with van der Waals surface area (Å²) in [6.07, 6.45) is 1.55. The van der Waals surface area contributed by atoms with Crippen LogP contribution in [0.1, 0.15) is 21.6 Å². The van der Waals surface area contributed by atoms with Crippen LogP contribution in [0, 0.1) is 18.8 Å². The number of nitrogens with two attached hydrogens (primary N) is 1. The fraction of sp³-hybridized carbons (Fsp3) is 0.125. The molecule has 1 heterocycles. The molecule has 0 fully saturated rings. The minimum absolute atomic E-state index is 0.209. The second kappa shape index (κ2) is 6.50. The Balaban J connectivity index is 2.21. The van der Waals surface area contributed by atoms with E-state index in [1.165, 1.54) is 0 Å². The third kappa shape index (κ3) is 3.44. The van der Waals surface area contributed by atoms with E-state index in [4.69, 9.17) is 5.73 Å². The average Bonchev–Trinajstić information content (AvgIpc) is 2.47. The molecule has 0 spiro atoms. The van der Waals surface area contributed by atoms with Crippen LogP contribution in [0.25, 0.3) is 0 Å². The highest BCUT2D eigenvalue weighted by molar-refractivity contribution is 6.04. The number of anilines is 1. The van der Waals surface area contributed by atoms with Crippen LogP contribution in [0.2, 0.25) is 0 Å². The fourth-order valence-electron chi connectivity index (χ4n) is 1.64. The number of hydrogen-bond acceptors (Lipinski definition) is 3. The number of hydrogen-bond donors (Lipinski definition) is 2. The van der Waals surface area contributed by atoms with Crippen molar-refractivity contribution in [2.24, 2.45) is 5.73 Å². The summed E-state index contributed by atoms with van der Waals surface area (Å²) in [7, 11) is 0. The van der Waals surface area contributed by atoms with Crippen molar-refractivity contribution >= 4 is 11.6 Å². The van der Waals surface area contributed by atoms with Gasteiger partial charge in [-0.25, -0.2) is 0 Å². The Morgan fingerprint density at radius 1 is 1.30 bits per heavy atom. The molecule has 1 aromatic carbocycles. The SMILES string of the molecule is Cc1ccc(C(=O)Nc2ccccc2C#CCN)cn1. The zero-order chi connectivity index (χ0) is 14.4. The summed E-state index contributed by atoms with van der Waals surface area (Å²) in [5, 5.41) is 2.83. The molecule has 0 unspecified atom stereocenters. The Hall–Kier alpha value is -2.64. The van der Waals surface area contributed by atoms with Crippen molar-refractivity contribution in [1.29, 1.82) is 0 Å². The van der Waals surface area contributed by atoms with E-state index in [-0.39, 0.29) is 12.5 Å². The van der Waals surface area contributed by atoms with Gasteiger partial charge in [0.05, 0.1) is 17.8 Å². The highest BCUT2D eigenvalue weighted by atomic mass is 16.1. The van der Waals surface area contributed by atoms with E-state index < -0.39 is 0 Å². The van der Waals surface area contributed by atoms with Crippen molar-refractivity contribution in [3.05, 3.63) is 59.4 Å². The number of aryl methyl sites for hydroxylation is 1. The summed E-state index contributed by atoms with van der Waals surface area (Å²) in [4.78, 5) is 16.2. The lowest BCUT2D eigenvalue weighted by molar-refractivity contribution is 0.102. The quantitative estimate of drug-likeness (QED) is 0.815. The van der Waals surface area contributed by atoms with Gasteiger partial charge in [0, 0.05) is 17.5 Å². The maximum atomic E-state index is 12.1.